The lowest BCUT2D eigenvalue weighted by molar-refractivity contribution is -0.127. The van der Waals surface area contributed by atoms with E-state index >= 15 is 0 Å². The molecule has 2 aliphatic rings. The first kappa shape index (κ1) is 19.4. The SMILES string of the molecule is Cc1ccc(C)c(S(=O)(=O)N2CCCC(C(=O)NC3CCCCC3)C2)c1. The molecule has 0 bridgehead atoms. The monoisotopic (exact) mass is 378 g/mol. The number of nitrogens with one attached hydrogen (secondary N) is 1. The Labute approximate surface area is 157 Å². The predicted molar refractivity (Wildman–Crippen MR) is 102 cm³/mol. The van der Waals surface area contributed by atoms with Gasteiger partial charge in [0.25, 0.3) is 0 Å². The lowest BCUT2D eigenvalue weighted by atomic mass is 9.93. The van der Waals surface area contributed by atoms with Gasteiger partial charge in [-0.3, -0.25) is 4.79 Å². The van der Waals surface area contributed by atoms with Crippen molar-refractivity contribution in [3.8, 4) is 0 Å². The van der Waals surface area contributed by atoms with Crippen molar-refractivity contribution >= 4 is 15.9 Å². The Balaban J connectivity index is 1.71. The number of carbonyl (C=O) groups excluding carboxylic acids is 1. The van der Waals surface area contributed by atoms with Gasteiger partial charge in [0, 0.05) is 19.1 Å². The van der Waals surface area contributed by atoms with Crippen LogP contribution in [0.15, 0.2) is 23.1 Å². The average Bonchev–Trinajstić information content (AvgIpc) is 2.64. The van der Waals surface area contributed by atoms with Gasteiger partial charge in [-0.25, -0.2) is 8.42 Å². The number of nitrogens with zero attached hydrogens (tertiary/aromatic N) is 1. The first-order chi connectivity index (χ1) is 12.4. The zero-order chi connectivity index (χ0) is 18.7. The third kappa shape index (κ3) is 4.29. The van der Waals surface area contributed by atoms with E-state index in [-0.39, 0.29) is 24.4 Å². The minimum absolute atomic E-state index is 0.0257. The maximum atomic E-state index is 13.1. The number of rotatable bonds is 4. The number of hydrogen-bond acceptors (Lipinski definition) is 3. The molecule has 1 aromatic carbocycles. The zero-order valence-corrected chi connectivity index (χ0v) is 16.6. The number of amides is 1. The molecule has 1 aromatic rings. The molecule has 0 radical (unpaired) electrons. The first-order valence-corrected chi connectivity index (χ1v) is 11.2. The second-order valence-corrected chi connectivity index (χ2v) is 9.72. The van der Waals surface area contributed by atoms with Crippen LogP contribution in [0.25, 0.3) is 0 Å². The van der Waals surface area contributed by atoms with E-state index in [9.17, 15) is 13.2 Å². The molecule has 1 saturated heterocycles. The van der Waals surface area contributed by atoms with Gasteiger partial charge in [0.1, 0.15) is 0 Å². The Hall–Kier alpha value is -1.40. The van der Waals surface area contributed by atoms with Crippen LogP contribution < -0.4 is 5.32 Å². The topological polar surface area (TPSA) is 66.5 Å². The number of sulfonamides is 1. The smallest absolute Gasteiger partial charge is 0.243 e. The fourth-order valence-corrected chi connectivity index (χ4v) is 5.90. The highest BCUT2D eigenvalue weighted by Gasteiger charge is 2.34. The van der Waals surface area contributed by atoms with Gasteiger partial charge < -0.3 is 5.32 Å². The molecule has 5 nitrogen and oxygen atoms in total. The second-order valence-electron chi connectivity index (χ2n) is 7.81. The number of aryl methyl sites for hydroxylation is 2. The van der Waals surface area contributed by atoms with Crippen LogP contribution in [0.4, 0.5) is 0 Å². The van der Waals surface area contributed by atoms with E-state index < -0.39 is 10.0 Å². The van der Waals surface area contributed by atoms with Gasteiger partial charge in [0.15, 0.2) is 0 Å². The quantitative estimate of drug-likeness (QED) is 0.875. The van der Waals surface area contributed by atoms with Crippen molar-refractivity contribution in [3.63, 3.8) is 0 Å². The lowest BCUT2D eigenvalue weighted by Gasteiger charge is -2.33. The van der Waals surface area contributed by atoms with Gasteiger partial charge >= 0.3 is 0 Å². The number of benzene rings is 1. The highest BCUT2D eigenvalue weighted by Crippen LogP contribution is 2.27. The molecule has 0 aromatic heterocycles. The molecule has 1 heterocycles. The summed E-state index contributed by atoms with van der Waals surface area (Å²) in [6, 6.07) is 5.77. The van der Waals surface area contributed by atoms with Crippen LogP contribution in [0.2, 0.25) is 0 Å². The number of piperidine rings is 1. The Bertz CT molecular complexity index is 754. The van der Waals surface area contributed by atoms with Crippen molar-refractivity contribution in [1.82, 2.24) is 9.62 Å². The first-order valence-electron chi connectivity index (χ1n) is 9.75. The van der Waals surface area contributed by atoms with E-state index in [2.05, 4.69) is 5.32 Å². The molecular formula is C20H30N2O3S. The van der Waals surface area contributed by atoms with E-state index in [0.717, 1.165) is 36.8 Å². The Morgan fingerprint density at radius 1 is 1.08 bits per heavy atom. The minimum atomic E-state index is -3.56. The molecule has 0 spiro atoms. The van der Waals surface area contributed by atoms with E-state index in [4.69, 9.17) is 0 Å². The molecule has 3 rings (SSSR count). The molecule has 1 saturated carbocycles. The van der Waals surface area contributed by atoms with Gasteiger partial charge in [-0.05, 0) is 56.7 Å². The predicted octanol–water partition coefficient (Wildman–Crippen LogP) is 3.15. The molecule has 144 valence electrons. The molecule has 1 amide bonds. The van der Waals surface area contributed by atoms with Gasteiger partial charge in [0.2, 0.25) is 15.9 Å². The van der Waals surface area contributed by atoms with Crippen molar-refractivity contribution in [1.29, 1.82) is 0 Å². The fourth-order valence-electron chi connectivity index (χ4n) is 4.06. The molecular weight excluding hydrogens is 348 g/mol. The summed E-state index contributed by atoms with van der Waals surface area (Å²) in [5, 5.41) is 3.16. The summed E-state index contributed by atoms with van der Waals surface area (Å²) in [7, 11) is -3.56. The average molecular weight is 379 g/mol. The van der Waals surface area contributed by atoms with E-state index in [1.807, 2.05) is 26.0 Å². The van der Waals surface area contributed by atoms with Gasteiger partial charge in [-0.15, -0.1) is 0 Å². The van der Waals surface area contributed by atoms with E-state index in [1.165, 1.54) is 23.6 Å². The summed E-state index contributed by atoms with van der Waals surface area (Å²) >= 11 is 0. The lowest BCUT2D eigenvalue weighted by Crippen LogP contribution is -2.47. The van der Waals surface area contributed by atoms with Crippen LogP contribution in [0.5, 0.6) is 0 Å². The fraction of sp³-hybridized carbons (Fsp3) is 0.650. The molecule has 2 fully saturated rings. The molecule has 6 heteroatoms. The van der Waals surface area contributed by atoms with Gasteiger partial charge in [-0.2, -0.15) is 4.31 Å². The van der Waals surface area contributed by atoms with Crippen molar-refractivity contribution in [2.24, 2.45) is 5.92 Å². The Morgan fingerprint density at radius 2 is 1.81 bits per heavy atom. The largest absolute Gasteiger partial charge is 0.353 e. The maximum absolute atomic E-state index is 13.1. The zero-order valence-electron chi connectivity index (χ0n) is 15.8. The summed E-state index contributed by atoms with van der Waals surface area (Å²) in [5.74, 6) is -0.219. The highest BCUT2D eigenvalue weighted by atomic mass is 32.2. The van der Waals surface area contributed by atoms with Crippen LogP contribution >= 0.6 is 0 Å². The van der Waals surface area contributed by atoms with Crippen molar-refractivity contribution in [2.45, 2.75) is 69.7 Å². The molecule has 1 atom stereocenters. The van der Waals surface area contributed by atoms with Crippen molar-refractivity contribution < 1.29 is 13.2 Å². The van der Waals surface area contributed by atoms with E-state index in [0.29, 0.717) is 11.4 Å². The summed E-state index contributed by atoms with van der Waals surface area (Å²) in [6.07, 6.45) is 7.17. The summed E-state index contributed by atoms with van der Waals surface area (Å²) < 4.78 is 27.7. The van der Waals surface area contributed by atoms with E-state index in [1.54, 1.807) is 6.07 Å². The third-order valence-electron chi connectivity index (χ3n) is 5.67. The van der Waals surface area contributed by atoms with Crippen LogP contribution in [0, 0.1) is 19.8 Å². The summed E-state index contributed by atoms with van der Waals surface area (Å²) in [6.45, 7) is 4.50. The number of hydrogen-bond donors (Lipinski definition) is 1. The summed E-state index contributed by atoms with van der Waals surface area (Å²) in [5.41, 5.74) is 1.68. The van der Waals surface area contributed by atoms with Crippen LogP contribution in [-0.2, 0) is 14.8 Å². The second kappa shape index (κ2) is 8.09. The third-order valence-corrected chi connectivity index (χ3v) is 7.68. The molecule has 1 aliphatic heterocycles. The molecule has 1 aliphatic carbocycles. The van der Waals surface area contributed by atoms with Gasteiger partial charge in [0.05, 0.1) is 10.8 Å². The van der Waals surface area contributed by atoms with Gasteiger partial charge in [-0.1, -0.05) is 31.4 Å². The van der Waals surface area contributed by atoms with Crippen molar-refractivity contribution in [3.05, 3.63) is 29.3 Å². The Morgan fingerprint density at radius 3 is 2.54 bits per heavy atom. The summed E-state index contributed by atoms with van der Waals surface area (Å²) in [4.78, 5) is 13.0. The molecule has 26 heavy (non-hydrogen) atoms. The maximum Gasteiger partial charge on any atom is 0.243 e. The van der Waals surface area contributed by atoms with Crippen LogP contribution in [-0.4, -0.2) is 37.8 Å². The molecule has 1 N–H and O–H groups in total. The normalized spacial score (nSPS) is 22.9. The van der Waals surface area contributed by atoms with Crippen LogP contribution in [0.3, 0.4) is 0 Å². The Kier molecular flexibility index (Phi) is 6.03. The number of carbonyl (C=O) groups is 1. The van der Waals surface area contributed by atoms with Crippen molar-refractivity contribution in [2.75, 3.05) is 13.1 Å². The highest BCUT2D eigenvalue weighted by molar-refractivity contribution is 7.89. The standard InChI is InChI=1S/C20H30N2O3S/c1-15-10-11-16(2)19(13-15)26(24,25)22-12-6-7-17(14-22)20(23)21-18-8-4-3-5-9-18/h10-11,13,17-18H,3-9,12,14H2,1-2H3,(H,21,23). The van der Waals surface area contributed by atoms with Crippen LogP contribution in [0.1, 0.15) is 56.1 Å². The minimum Gasteiger partial charge on any atom is -0.353 e. The molecule has 1 unspecified atom stereocenters.